The predicted octanol–water partition coefficient (Wildman–Crippen LogP) is 2.48. The van der Waals surface area contributed by atoms with Crippen molar-refractivity contribution in [3.8, 4) is 0 Å². The zero-order valence-electron chi connectivity index (χ0n) is 14.3. The van der Waals surface area contributed by atoms with Gasteiger partial charge in [0.2, 0.25) is 0 Å². The zero-order chi connectivity index (χ0) is 17.7. The Hall–Kier alpha value is -1.95. The first kappa shape index (κ1) is 17.9. The molecule has 1 atom stereocenters. The van der Waals surface area contributed by atoms with E-state index in [-0.39, 0.29) is 24.4 Å². The summed E-state index contributed by atoms with van der Waals surface area (Å²) in [6.07, 6.45) is 5.00. The Morgan fingerprint density at radius 3 is 2.76 bits per heavy atom. The van der Waals surface area contributed by atoms with Crippen LogP contribution in [0, 0.1) is 5.82 Å². The van der Waals surface area contributed by atoms with Crippen LogP contribution in [0.25, 0.3) is 0 Å². The maximum Gasteiger partial charge on any atom is 0.317 e. The molecule has 1 aromatic carbocycles. The molecule has 1 aromatic rings. The van der Waals surface area contributed by atoms with Crippen LogP contribution in [0.5, 0.6) is 0 Å². The van der Waals surface area contributed by atoms with Crippen LogP contribution in [0.1, 0.15) is 44.1 Å². The van der Waals surface area contributed by atoms with Gasteiger partial charge in [-0.2, -0.15) is 0 Å². The molecule has 3 rings (SSSR count). The van der Waals surface area contributed by atoms with E-state index in [1.54, 1.807) is 12.1 Å². The lowest BCUT2D eigenvalue weighted by molar-refractivity contribution is -0.154. The van der Waals surface area contributed by atoms with Crippen molar-refractivity contribution in [1.82, 2.24) is 5.32 Å². The molecule has 1 saturated heterocycles. The molecule has 2 aliphatic rings. The molecule has 25 heavy (non-hydrogen) atoms. The van der Waals surface area contributed by atoms with Crippen LogP contribution in [-0.4, -0.2) is 37.7 Å². The highest BCUT2D eigenvalue weighted by Gasteiger charge is 2.44. The molecule has 136 valence electrons. The Morgan fingerprint density at radius 2 is 2.08 bits per heavy atom. The number of carbonyl (C=O) groups excluding carboxylic acids is 2. The Labute approximate surface area is 146 Å². The van der Waals surface area contributed by atoms with Crippen molar-refractivity contribution in [2.45, 2.75) is 50.0 Å². The summed E-state index contributed by atoms with van der Waals surface area (Å²) in [6, 6.07) is 6.11. The maximum absolute atomic E-state index is 13.6. The molecule has 0 unspecified atom stereocenters. The van der Waals surface area contributed by atoms with Gasteiger partial charge in [-0.05, 0) is 43.4 Å². The van der Waals surface area contributed by atoms with Crippen molar-refractivity contribution in [3.05, 3.63) is 35.6 Å². The number of esters is 1. The van der Waals surface area contributed by atoms with Crippen molar-refractivity contribution in [2.75, 3.05) is 19.8 Å². The van der Waals surface area contributed by atoms with E-state index < -0.39 is 11.4 Å². The molecule has 1 N–H and O–H groups in total. The fourth-order valence-corrected chi connectivity index (χ4v) is 3.73. The van der Waals surface area contributed by atoms with Crippen molar-refractivity contribution in [3.63, 3.8) is 0 Å². The van der Waals surface area contributed by atoms with Crippen LogP contribution in [0.3, 0.4) is 0 Å². The first-order chi connectivity index (χ1) is 12.1. The van der Waals surface area contributed by atoms with E-state index in [2.05, 4.69) is 5.32 Å². The zero-order valence-corrected chi connectivity index (χ0v) is 14.3. The maximum atomic E-state index is 13.6. The van der Waals surface area contributed by atoms with Gasteiger partial charge >= 0.3 is 5.97 Å². The number of rotatable bonds is 6. The minimum absolute atomic E-state index is 0.0492. The van der Waals surface area contributed by atoms with E-state index >= 15 is 0 Å². The molecule has 6 heteroatoms. The molecule has 1 aliphatic carbocycles. The highest BCUT2D eigenvalue weighted by atomic mass is 19.1. The number of benzene rings is 1. The Balaban J connectivity index is 1.57. The quantitative estimate of drug-likeness (QED) is 0.802. The number of halogens is 1. The van der Waals surface area contributed by atoms with E-state index in [4.69, 9.17) is 9.47 Å². The van der Waals surface area contributed by atoms with Gasteiger partial charge in [-0.15, -0.1) is 0 Å². The van der Waals surface area contributed by atoms with Crippen molar-refractivity contribution < 1.29 is 23.5 Å². The highest BCUT2D eigenvalue weighted by molar-refractivity contribution is 5.86. The molecule has 1 amide bonds. The Morgan fingerprint density at radius 1 is 1.28 bits per heavy atom. The van der Waals surface area contributed by atoms with Crippen molar-refractivity contribution >= 4 is 11.9 Å². The average Bonchev–Trinajstić information content (AvgIpc) is 3.30. The molecule has 1 heterocycles. The number of amides is 1. The number of hydrogen-bond acceptors (Lipinski definition) is 4. The predicted molar refractivity (Wildman–Crippen MR) is 89.5 cm³/mol. The number of carbonyl (C=O) groups is 2. The summed E-state index contributed by atoms with van der Waals surface area (Å²) < 4.78 is 24.3. The molecule has 1 aliphatic heterocycles. The Kier molecular flexibility index (Phi) is 5.68. The normalized spacial score (nSPS) is 21.9. The molecule has 1 saturated carbocycles. The third-order valence-electron chi connectivity index (χ3n) is 5.11. The summed E-state index contributed by atoms with van der Waals surface area (Å²) in [5.41, 5.74) is -0.202. The lowest BCUT2D eigenvalue weighted by Gasteiger charge is -2.27. The van der Waals surface area contributed by atoms with E-state index in [0.717, 1.165) is 32.3 Å². The van der Waals surface area contributed by atoms with Crippen molar-refractivity contribution in [1.29, 1.82) is 0 Å². The molecule has 2 fully saturated rings. The second kappa shape index (κ2) is 7.95. The molecular formula is C19H24FNO4. The number of nitrogens with one attached hydrogen (secondary N) is 1. The first-order valence-electron chi connectivity index (χ1n) is 8.92. The summed E-state index contributed by atoms with van der Waals surface area (Å²) in [6.45, 7) is 0.847. The van der Waals surface area contributed by atoms with Crippen molar-refractivity contribution in [2.24, 2.45) is 0 Å². The SMILES string of the molecule is O=C(COC(=O)C1(c2cccc(F)c2)CCCC1)NC[C@@H]1CCCO1. The summed E-state index contributed by atoms with van der Waals surface area (Å²) >= 11 is 0. The van der Waals surface area contributed by atoms with Gasteiger partial charge in [-0.25, -0.2) is 4.39 Å². The smallest absolute Gasteiger partial charge is 0.317 e. The lowest BCUT2D eigenvalue weighted by Crippen LogP contribution is -2.39. The monoisotopic (exact) mass is 349 g/mol. The number of hydrogen-bond donors (Lipinski definition) is 1. The summed E-state index contributed by atoms with van der Waals surface area (Å²) in [5.74, 6) is -1.15. The largest absolute Gasteiger partial charge is 0.455 e. The van der Waals surface area contributed by atoms with Gasteiger partial charge in [0.1, 0.15) is 5.82 Å². The molecule has 0 radical (unpaired) electrons. The first-order valence-corrected chi connectivity index (χ1v) is 8.92. The molecule has 0 bridgehead atoms. The Bertz CT molecular complexity index is 622. The summed E-state index contributed by atoms with van der Waals surface area (Å²) in [5, 5.41) is 2.73. The van der Waals surface area contributed by atoms with Gasteiger partial charge in [0.05, 0.1) is 11.5 Å². The van der Waals surface area contributed by atoms with Crippen LogP contribution in [0.2, 0.25) is 0 Å². The fourth-order valence-electron chi connectivity index (χ4n) is 3.73. The van der Waals surface area contributed by atoms with E-state index in [9.17, 15) is 14.0 Å². The van der Waals surface area contributed by atoms with Crippen LogP contribution in [-0.2, 0) is 24.5 Å². The minimum atomic E-state index is -0.836. The highest BCUT2D eigenvalue weighted by Crippen LogP contribution is 2.42. The molecule has 0 aromatic heterocycles. The minimum Gasteiger partial charge on any atom is -0.455 e. The lowest BCUT2D eigenvalue weighted by atomic mass is 9.79. The third kappa shape index (κ3) is 4.18. The molecule has 5 nitrogen and oxygen atoms in total. The van der Waals surface area contributed by atoms with Gasteiger partial charge in [-0.1, -0.05) is 25.0 Å². The van der Waals surface area contributed by atoms with Gasteiger partial charge in [-0.3, -0.25) is 9.59 Å². The average molecular weight is 349 g/mol. The van der Waals surface area contributed by atoms with Gasteiger partial charge in [0.25, 0.3) is 5.91 Å². The molecular weight excluding hydrogens is 325 g/mol. The van der Waals surface area contributed by atoms with Crippen LogP contribution >= 0.6 is 0 Å². The second-order valence-electron chi connectivity index (χ2n) is 6.81. The third-order valence-corrected chi connectivity index (χ3v) is 5.11. The van der Waals surface area contributed by atoms with E-state index in [1.165, 1.54) is 12.1 Å². The topological polar surface area (TPSA) is 64.6 Å². The summed E-state index contributed by atoms with van der Waals surface area (Å²) in [7, 11) is 0. The molecule has 0 spiro atoms. The van der Waals surface area contributed by atoms with Gasteiger partial charge < -0.3 is 14.8 Å². The standard InChI is InChI=1S/C19H24FNO4/c20-15-6-3-5-14(11-15)19(8-1-2-9-19)18(23)25-13-17(22)21-12-16-7-4-10-24-16/h3,5-6,11,16H,1-2,4,7-10,12-13H2,(H,21,22)/t16-/m0/s1. The van der Waals surface area contributed by atoms with Crippen LogP contribution < -0.4 is 5.32 Å². The fraction of sp³-hybridized carbons (Fsp3) is 0.579. The van der Waals surface area contributed by atoms with E-state index in [1.807, 2.05) is 0 Å². The van der Waals surface area contributed by atoms with E-state index in [0.29, 0.717) is 24.9 Å². The van der Waals surface area contributed by atoms with Crippen LogP contribution in [0.15, 0.2) is 24.3 Å². The van der Waals surface area contributed by atoms with Crippen LogP contribution in [0.4, 0.5) is 4.39 Å². The summed E-state index contributed by atoms with van der Waals surface area (Å²) in [4.78, 5) is 24.6. The van der Waals surface area contributed by atoms with Gasteiger partial charge in [0.15, 0.2) is 6.61 Å². The van der Waals surface area contributed by atoms with Gasteiger partial charge in [0, 0.05) is 13.2 Å². The second-order valence-corrected chi connectivity index (χ2v) is 6.81. The number of ether oxygens (including phenoxy) is 2.